The Morgan fingerprint density at radius 2 is 1.93 bits per heavy atom. The Kier molecular flexibility index (Phi) is 4.37. The van der Waals surface area contributed by atoms with Crippen molar-refractivity contribution in [3.63, 3.8) is 0 Å². The van der Waals surface area contributed by atoms with E-state index in [-0.39, 0.29) is 17.7 Å². The van der Waals surface area contributed by atoms with Crippen LogP contribution in [0, 0.1) is 5.92 Å². The summed E-state index contributed by atoms with van der Waals surface area (Å²) in [6.45, 7) is 5.62. The molecule has 27 heavy (non-hydrogen) atoms. The average Bonchev–Trinajstić information content (AvgIpc) is 3.17. The first kappa shape index (κ1) is 17.6. The summed E-state index contributed by atoms with van der Waals surface area (Å²) >= 11 is 0. The van der Waals surface area contributed by atoms with Gasteiger partial charge in [-0.15, -0.1) is 0 Å². The molecule has 1 spiro atoms. The van der Waals surface area contributed by atoms with Crippen LogP contribution >= 0.6 is 0 Å². The smallest absolute Gasteiger partial charge is 0.412 e. The summed E-state index contributed by atoms with van der Waals surface area (Å²) in [5.74, 6) is -0.204. The Morgan fingerprint density at radius 3 is 2.67 bits per heavy atom. The van der Waals surface area contributed by atoms with Crippen LogP contribution in [0.1, 0.15) is 24.8 Å². The molecule has 2 fully saturated rings. The second-order valence-electron chi connectivity index (χ2n) is 7.35. The van der Waals surface area contributed by atoms with Crippen LogP contribution in [0.2, 0.25) is 0 Å². The molecule has 3 amide bonds. The quantitative estimate of drug-likeness (QED) is 0.810. The number of anilines is 1. The van der Waals surface area contributed by atoms with Crippen LogP contribution < -0.4 is 5.32 Å². The third kappa shape index (κ3) is 3.07. The highest BCUT2D eigenvalue weighted by atomic mass is 16.6. The molecule has 0 bridgehead atoms. The van der Waals surface area contributed by atoms with E-state index in [1.807, 2.05) is 29.2 Å². The van der Waals surface area contributed by atoms with Crippen molar-refractivity contribution in [3.8, 4) is 0 Å². The Balaban J connectivity index is 1.44. The van der Waals surface area contributed by atoms with Crippen molar-refractivity contribution in [2.24, 2.45) is 5.92 Å². The number of hydrogen-bond acceptors (Lipinski definition) is 4. The maximum Gasteiger partial charge on any atom is 0.412 e. The van der Waals surface area contributed by atoms with Gasteiger partial charge in [0.1, 0.15) is 5.60 Å². The zero-order valence-electron chi connectivity index (χ0n) is 15.1. The lowest BCUT2D eigenvalue weighted by Gasteiger charge is -2.44. The average molecular weight is 369 g/mol. The van der Waals surface area contributed by atoms with Gasteiger partial charge in [0.2, 0.25) is 11.8 Å². The van der Waals surface area contributed by atoms with Gasteiger partial charge in [0, 0.05) is 44.6 Å². The minimum atomic E-state index is -0.670. The van der Waals surface area contributed by atoms with E-state index >= 15 is 0 Å². The molecule has 3 aliphatic heterocycles. The van der Waals surface area contributed by atoms with E-state index in [2.05, 4.69) is 11.9 Å². The molecular formula is C20H23N3O4. The van der Waals surface area contributed by atoms with Gasteiger partial charge in [-0.1, -0.05) is 24.8 Å². The second-order valence-corrected chi connectivity index (χ2v) is 7.35. The van der Waals surface area contributed by atoms with E-state index in [9.17, 15) is 14.4 Å². The van der Waals surface area contributed by atoms with E-state index in [1.54, 1.807) is 4.90 Å². The maximum absolute atomic E-state index is 12.9. The highest BCUT2D eigenvalue weighted by Crippen LogP contribution is 2.43. The Morgan fingerprint density at radius 1 is 1.19 bits per heavy atom. The number of carbonyl (C=O) groups excluding carboxylic acids is 3. The number of nitrogens with zero attached hydrogens (tertiary/aromatic N) is 2. The number of carbonyl (C=O) groups is 3. The zero-order valence-corrected chi connectivity index (χ0v) is 15.1. The maximum atomic E-state index is 12.9. The van der Waals surface area contributed by atoms with Crippen molar-refractivity contribution in [2.75, 3.05) is 31.5 Å². The summed E-state index contributed by atoms with van der Waals surface area (Å²) in [7, 11) is 0. The third-order valence-corrected chi connectivity index (χ3v) is 5.85. The lowest BCUT2D eigenvalue weighted by molar-refractivity contribution is -0.139. The first-order chi connectivity index (χ1) is 13.0. The van der Waals surface area contributed by atoms with Gasteiger partial charge in [0.05, 0.1) is 11.6 Å². The van der Waals surface area contributed by atoms with Crippen LogP contribution in [0.4, 0.5) is 10.5 Å². The molecule has 1 atom stereocenters. The van der Waals surface area contributed by atoms with Crippen LogP contribution in [0.5, 0.6) is 0 Å². The van der Waals surface area contributed by atoms with Crippen LogP contribution in [-0.4, -0.2) is 53.9 Å². The highest BCUT2D eigenvalue weighted by Gasteiger charge is 2.46. The van der Waals surface area contributed by atoms with Gasteiger partial charge in [-0.25, -0.2) is 4.79 Å². The molecule has 3 aliphatic rings. The fourth-order valence-corrected chi connectivity index (χ4v) is 4.37. The number of ether oxygens (including phenoxy) is 1. The summed E-state index contributed by atoms with van der Waals surface area (Å²) in [6, 6.07) is 7.66. The summed E-state index contributed by atoms with van der Waals surface area (Å²) < 4.78 is 5.71. The van der Waals surface area contributed by atoms with Gasteiger partial charge in [0.25, 0.3) is 0 Å². The molecule has 0 aliphatic carbocycles. The fourth-order valence-electron chi connectivity index (χ4n) is 4.37. The summed E-state index contributed by atoms with van der Waals surface area (Å²) in [5.41, 5.74) is 1.08. The summed E-state index contributed by atoms with van der Waals surface area (Å²) in [6.07, 6.45) is 2.68. The Hall–Kier alpha value is -2.83. The number of benzene rings is 1. The molecule has 1 N–H and O–H groups in total. The first-order valence-electron chi connectivity index (χ1n) is 9.32. The van der Waals surface area contributed by atoms with Gasteiger partial charge in [-0.05, 0) is 18.6 Å². The van der Waals surface area contributed by atoms with E-state index in [0.717, 1.165) is 11.3 Å². The predicted molar refractivity (Wildman–Crippen MR) is 98.9 cm³/mol. The molecule has 4 rings (SSSR count). The fraction of sp³-hybridized carbons (Fsp3) is 0.450. The van der Waals surface area contributed by atoms with Crippen LogP contribution in [-0.2, 0) is 19.9 Å². The first-order valence-corrected chi connectivity index (χ1v) is 9.32. The molecule has 1 aromatic carbocycles. The second kappa shape index (κ2) is 6.72. The van der Waals surface area contributed by atoms with Crippen molar-refractivity contribution in [2.45, 2.75) is 24.9 Å². The Bertz CT molecular complexity index is 798. The molecule has 0 aromatic heterocycles. The standard InChI is InChI=1S/C20H23N3O4/c1-2-17(24)23-10-7-14(13-23)18(25)22-11-8-20(9-12-22)15-5-3-4-6-16(15)21-19(26)27-20/h2-6,14H,1,7-13H2,(H,21,26). The lowest BCUT2D eigenvalue weighted by Crippen LogP contribution is -2.51. The topological polar surface area (TPSA) is 79.0 Å². The van der Waals surface area contributed by atoms with Gasteiger partial charge in [-0.2, -0.15) is 0 Å². The van der Waals surface area contributed by atoms with Gasteiger partial charge in [0.15, 0.2) is 0 Å². The van der Waals surface area contributed by atoms with E-state index in [1.165, 1.54) is 6.08 Å². The minimum absolute atomic E-state index is 0.0813. The van der Waals surface area contributed by atoms with E-state index in [4.69, 9.17) is 4.74 Å². The molecular weight excluding hydrogens is 346 g/mol. The lowest BCUT2D eigenvalue weighted by atomic mass is 9.82. The van der Waals surface area contributed by atoms with Crippen molar-refractivity contribution in [1.29, 1.82) is 0 Å². The number of amides is 3. The van der Waals surface area contributed by atoms with Crippen LogP contribution in [0.3, 0.4) is 0 Å². The molecule has 7 nitrogen and oxygen atoms in total. The van der Waals surface area contributed by atoms with E-state index in [0.29, 0.717) is 45.4 Å². The highest BCUT2D eigenvalue weighted by molar-refractivity contribution is 5.89. The van der Waals surface area contributed by atoms with Crippen molar-refractivity contribution >= 4 is 23.6 Å². The number of nitrogens with one attached hydrogen (secondary N) is 1. The predicted octanol–water partition coefficient (Wildman–Crippen LogP) is 2.10. The van der Waals surface area contributed by atoms with Crippen molar-refractivity contribution in [3.05, 3.63) is 42.5 Å². The number of para-hydroxylation sites is 1. The molecule has 1 unspecified atom stereocenters. The van der Waals surface area contributed by atoms with Gasteiger partial charge < -0.3 is 14.5 Å². The van der Waals surface area contributed by atoms with Crippen molar-refractivity contribution in [1.82, 2.24) is 9.80 Å². The number of fused-ring (bicyclic) bond motifs is 2. The minimum Gasteiger partial charge on any atom is -0.438 e. The van der Waals surface area contributed by atoms with Crippen molar-refractivity contribution < 1.29 is 19.1 Å². The molecule has 142 valence electrons. The van der Waals surface area contributed by atoms with E-state index < -0.39 is 11.7 Å². The summed E-state index contributed by atoms with van der Waals surface area (Å²) in [4.78, 5) is 40.1. The number of piperidine rings is 1. The number of rotatable bonds is 2. The van der Waals surface area contributed by atoms with Crippen LogP contribution in [0.15, 0.2) is 36.9 Å². The third-order valence-electron chi connectivity index (χ3n) is 5.85. The number of hydrogen-bond donors (Lipinski definition) is 1. The van der Waals surface area contributed by atoms with Gasteiger partial charge >= 0.3 is 6.09 Å². The largest absolute Gasteiger partial charge is 0.438 e. The Labute approximate surface area is 158 Å². The number of likely N-dealkylation sites (tertiary alicyclic amines) is 2. The molecule has 0 radical (unpaired) electrons. The molecule has 1 aromatic rings. The van der Waals surface area contributed by atoms with Crippen LogP contribution in [0.25, 0.3) is 0 Å². The molecule has 2 saturated heterocycles. The monoisotopic (exact) mass is 369 g/mol. The molecule has 0 saturated carbocycles. The normalized spacial score (nSPS) is 23.4. The van der Waals surface area contributed by atoms with Gasteiger partial charge in [-0.3, -0.25) is 14.9 Å². The molecule has 7 heteroatoms. The SMILES string of the molecule is C=CC(=O)N1CCC(C(=O)N2CCC3(CC2)OC(=O)Nc2ccccc23)C1. The summed E-state index contributed by atoms with van der Waals surface area (Å²) in [5, 5.41) is 2.74. The zero-order chi connectivity index (χ0) is 19.0. The molecule has 3 heterocycles.